The van der Waals surface area contributed by atoms with Crippen molar-refractivity contribution in [2.24, 2.45) is 0 Å². The van der Waals surface area contributed by atoms with Crippen LogP contribution in [0.5, 0.6) is 0 Å². The van der Waals surface area contributed by atoms with Crippen LogP contribution in [0.2, 0.25) is 0 Å². The Labute approximate surface area is 96.1 Å². The first-order valence-corrected chi connectivity index (χ1v) is 5.62. The fraction of sp³-hybridized carbons (Fsp3) is 0.300. The molecule has 1 aromatic rings. The molecule has 0 saturated heterocycles. The number of aromatic amines is 1. The number of nitrogens with one attached hydrogen (secondary N) is 1. The first kappa shape index (κ1) is 12.3. The van der Waals surface area contributed by atoms with Crippen LogP contribution in [0.3, 0.4) is 0 Å². The van der Waals surface area contributed by atoms with Crippen LogP contribution < -0.4 is 5.56 Å². The fourth-order valence-electron chi connectivity index (χ4n) is 1.07. The number of nitrogens with zero attached hydrogens (tertiary/aromatic N) is 1. The van der Waals surface area contributed by atoms with Gasteiger partial charge in [0.15, 0.2) is 0 Å². The molecule has 0 bridgehead atoms. The summed E-state index contributed by atoms with van der Waals surface area (Å²) in [6.45, 7) is 1.97. The third kappa shape index (κ3) is 2.64. The number of H-pyrrole nitrogens is 1. The predicted octanol–water partition coefficient (Wildman–Crippen LogP) is 1.45. The van der Waals surface area contributed by atoms with Crippen molar-refractivity contribution in [3.05, 3.63) is 27.5 Å². The Morgan fingerprint density at radius 2 is 2.38 bits per heavy atom. The predicted molar refractivity (Wildman–Crippen MR) is 59.8 cm³/mol. The second-order valence-corrected chi connectivity index (χ2v) is 4.13. The Hall–Kier alpha value is -1.74. The monoisotopic (exact) mass is 238 g/mol. The van der Waals surface area contributed by atoms with Crippen molar-refractivity contribution in [1.82, 2.24) is 4.98 Å². The number of pyridine rings is 1. The number of carbonyl (C=O) groups is 1. The number of rotatable bonds is 4. The molecule has 0 atom stereocenters. The molecule has 0 radical (unpaired) electrons. The first-order valence-electron chi connectivity index (χ1n) is 4.63. The minimum absolute atomic E-state index is 0.190. The maximum Gasteiger partial charge on any atom is 0.341 e. The van der Waals surface area contributed by atoms with Crippen LogP contribution in [0.25, 0.3) is 0 Å². The van der Waals surface area contributed by atoms with E-state index in [-0.39, 0.29) is 5.56 Å². The Kier molecular flexibility index (Phi) is 4.14. The van der Waals surface area contributed by atoms with Gasteiger partial charge in [0.25, 0.3) is 5.56 Å². The van der Waals surface area contributed by atoms with Gasteiger partial charge in [-0.05, 0) is 18.2 Å². The molecule has 0 saturated carbocycles. The van der Waals surface area contributed by atoms with E-state index in [1.807, 2.05) is 13.0 Å². The van der Waals surface area contributed by atoms with Crippen LogP contribution in [-0.2, 0) is 0 Å². The highest BCUT2D eigenvalue weighted by atomic mass is 32.2. The normalized spacial score (nSPS) is 9.75. The summed E-state index contributed by atoms with van der Waals surface area (Å²) in [6.07, 6.45) is 0.901. The zero-order valence-corrected chi connectivity index (χ0v) is 9.43. The zero-order chi connectivity index (χ0) is 12.1. The van der Waals surface area contributed by atoms with Gasteiger partial charge in [-0.25, -0.2) is 4.79 Å². The van der Waals surface area contributed by atoms with Gasteiger partial charge in [0.1, 0.15) is 11.6 Å². The maximum atomic E-state index is 11.4. The van der Waals surface area contributed by atoms with E-state index >= 15 is 0 Å². The van der Waals surface area contributed by atoms with Gasteiger partial charge in [-0.1, -0.05) is 6.92 Å². The van der Waals surface area contributed by atoms with Gasteiger partial charge in [0, 0.05) is 0 Å². The summed E-state index contributed by atoms with van der Waals surface area (Å²) in [6, 6.07) is 2.98. The van der Waals surface area contributed by atoms with Crippen LogP contribution in [-0.4, -0.2) is 21.8 Å². The standard InChI is InChI=1S/C10H10N2O3S/c1-2-3-16-9-6(5-11)4-7(10(14)15)8(13)12-9/h4H,2-3H2,1H3,(H,12,13)(H,14,15). The Bertz CT molecular complexity index is 502. The Morgan fingerprint density at radius 1 is 1.69 bits per heavy atom. The number of nitriles is 1. The molecular weight excluding hydrogens is 228 g/mol. The molecule has 1 heterocycles. The number of carboxylic acids is 1. The average molecular weight is 238 g/mol. The summed E-state index contributed by atoms with van der Waals surface area (Å²) in [5.74, 6) is -0.568. The molecule has 16 heavy (non-hydrogen) atoms. The van der Waals surface area contributed by atoms with Crippen molar-refractivity contribution in [3.8, 4) is 6.07 Å². The molecule has 0 fully saturated rings. The largest absolute Gasteiger partial charge is 0.477 e. The fourth-order valence-corrected chi connectivity index (χ4v) is 1.91. The minimum Gasteiger partial charge on any atom is -0.477 e. The molecule has 1 aromatic heterocycles. The number of hydrogen-bond acceptors (Lipinski definition) is 4. The third-order valence-electron chi connectivity index (χ3n) is 1.81. The summed E-state index contributed by atoms with van der Waals surface area (Å²) in [4.78, 5) is 24.4. The second-order valence-electron chi connectivity index (χ2n) is 3.02. The van der Waals surface area contributed by atoms with Crippen molar-refractivity contribution >= 4 is 17.7 Å². The van der Waals surface area contributed by atoms with Gasteiger partial charge >= 0.3 is 5.97 Å². The van der Waals surface area contributed by atoms with Crippen molar-refractivity contribution in [2.45, 2.75) is 18.4 Å². The van der Waals surface area contributed by atoms with Gasteiger partial charge < -0.3 is 10.1 Å². The Balaban J connectivity index is 3.23. The van der Waals surface area contributed by atoms with E-state index in [2.05, 4.69) is 4.98 Å². The van der Waals surface area contributed by atoms with Gasteiger partial charge in [-0.2, -0.15) is 5.26 Å². The van der Waals surface area contributed by atoms with Crippen LogP contribution in [0, 0.1) is 11.3 Å². The first-order chi connectivity index (χ1) is 7.60. The lowest BCUT2D eigenvalue weighted by Gasteiger charge is -2.03. The topological polar surface area (TPSA) is 93.9 Å². The van der Waals surface area contributed by atoms with Crippen LogP contribution >= 0.6 is 11.8 Å². The van der Waals surface area contributed by atoms with Crippen molar-refractivity contribution in [3.63, 3.8) is 0 Å². The molecular formula is C10H10N2O3S. The lowest BCUT2D eigenvalue weighted by Crippen LogP contribution is -2.18. The number of aromatic nitrogens is 1. The van der Waals surface area contributed by atoms with E-state index in [1.165, 1.54) is 11.8 Å². The Morgan fingerprint density at radius 3 is 2.88 bits per heavy atom. The van der Waals surface area contributed by atoms with E-state index in [9.17, 15) is 9.59 Å². The number of carboxylic acid groups (broad SMARTS) is 1. The molecule has 1 rings (SSSR count). The quantitative estimate of drug-likeness (QED) is 0.774. The van der Waals surface area contributed by atoms with E-state index in [0.29, 0.717) is 5.03 Å². The molecule has 0 aliphatic carbocycles. The highest BCUT2D eigenvalue weighted by molar-refractivity contribution is 7.99. The SMILES string of the molecule is CCCSc1[nH]c(=O)c(C(=O)O)cc1C#N. The summed E-state index contributed by atoms with van der Waals surface area (Å²) in [7, 11) is 0. The average Bonchev–Trinajstić information content (AvgIpc) is 2.25. The van der Waals surface area contributed by atoms with Gasteiger partial charge in [-0.15, -0.1) is 11.8 Å². The third-order valence-corrected chi connectivity index (χ3v) is 3.03. The van der Waals surface area contributed by atoms with E-state index in [1.54, 1.807) is 0 Å². The number of hydrogen-bond donors (Lipinski definition) is 2. The molecule has 5 nitrogen and oxygen atoms in total. The maximum absolute atomic E-state index is 11.4. The molecule has 0 aliphatic heterocycles. The molecule has 0 unspecified atom stereocenters. The van der Waals surface area contributed by atoms with Gasteiger partial charge in [0.2, 0.25) is 0 Å². The summed E-state index contributed by atoms with van der Waals surface area (Å²) in [5.41, 5.74) is -0.891. The van der Waals surface area contributed by atoms with Crippen molar-refractivity contribution in [1.29, 1.82) is 5.26 Å². The van der Waals surface area contributed by atoms with E-state index in [4.69, 9.17) is 10.4 Å². The summed E-state index contributed by atoms with van der Waals surface area (Å²) < 4.78 is 0. The van der Waals surface area contributed by atoms with Gasteiger partial charge in [0.05, 0.1) is 10.6 Å². The lowest BCUT2D eigenvalue weighted by molar-refractivity contribution is 0.0694. The highest BCUT2D eigenvalue weighted by Crippen LogP contribution is 2.19. The molecule has 84 valence electrons. The lowest BCUT2D eigenvalue weighted by atomic mass is 10.2. The van der Waals surface area contributed by atoms with Gasteiger partial charge in [-0.3, -0.25) is 4.79 Å². The number of thioether (sulfide) groups is 1. The highest BCUT2D eigenvalue weighted by Gasteiger charge is 2.13. The molecule has 0 amide bonds. The summed E-state index contributed by atoms with van der Waals surface area (Å²) >= 11 is 1.34. The molecule has 0 aromatic carbocycles. The van der Waals surface area contributed by atoms with E-state index < -0.39 is 17.1 Å². The smallest absolute Gasteiger partial charge is 0.341 e. The van der Waals surface area contributed by atoms with Crippen molar-refractivity contribution in [2.75, 3.05) is 5.75 Å². The van der Waals surface area contributed by atoms with Crippen LogP contribution in [0.1, 0.15) is 29.3 Å². The molecule has 6 heteroatoms. The minimum atomic E-state index is -1.33. The molecule has 2 N–H and O–H groups in total. The molecule has 0 spiro atoms. The summed E-state index contributed by atoms with van der Waals surface area (Å²) in [5, 5.41) is 18.0. The molecule has 0 aliphatic rings. The van der Waals surface area contributed by atoms with E-state index in [0.717, 1.165) is 18.2 Å². The number of aromatic carboxylic acids is 1. The van der Waals surface area contributed by atoms with Crippen LogP contribution in [0.15, 0.2) is 15.9 Å². The zero-order valence-electron chi connectivity index (χ0n) is 8.61. The van der Waals surface area contributed by atoms with Crippen LogP contribution in [0.4, 0.5) is 0 Å². The van der Waals surface area contributed by atoms with Crippen molar-refractivity contribution < 1.29 is 9.90 Å². The second kappa shape index (κ2) is 5.37.